The second kappa shape index (κ2) is 39.6. The molecule has 0 amide bonds. The molecule has 0 aromatic rings. The van der Waals surface area contributed by atoms with Crippen LogP contribution in [0.1, 0.15) is 206 Å². The van der Waals surface area contributed by atoms with Crippen molar-refractivity contribution in [2.24, 2.45) is 11.5 Å². The van der Waals surface area contributed by atoms with Crippen molar-refractivity contribution >= 4 is 19.8 Å². The smallest absolute Gasteiger partial charge is 0.472 e. The third kappa shape index (κ3) is 44.8. The number of phosphoric acid groups is 1. The van der Waals surface area contributed by atoms with Crippen LogP contribution in [-0.2, 0) is 18.4 Å². The Bertz CT molecular complexity index is 724. The van der Waals surface area contributed by atoms with Gasteiger partial charge in [0, 0.05) is 6.54 Å². The zero-order chi connectivity index (χ0) is 36.7. The standard InChI is InChI=1S/C32H67O4P.C6H14N4O2/c1-3-5-7-9-11-13-15-17-19-21-23-25-27-29-31-35-37(33,34)36-32-30-28-26-24-22-20-18-16-14-12-10-8-6-4-2;7-4(5(11)12)2-1-3-10-6(8)9/h3-32H2,1-2H3,(H,33,34);4H,1-3,7H2,(H,11,12)(H4,8,9,10)/t;4-/m.0/s1. The van der Waals surface area contributed by atoms with E-state index < -0.39 is 19.8 Å². The van der Waals surface area contributed by atoms with Crippen LogP contribution < -0.4 is 16.8 Å². The van der Waals surface area contributed by atoms with Crippen LogP contribution in [-0.4, -0.2) is 47.7 Å². The van der Waals surface area contributed by atoms with Crippen LogP contribution in [0.2, 0.25) is 0 Å². The summed E-state index contributed by atoms with van der Waals surface area (Å²) in [5, 5.41) is 17.7. The van der Waals surface area contributed by atoms with Crippen molar-refractivity contribution in [1.29, 1.82) is 5.41 Å². The first-order valence-corrected chi connectivity index (χ1v) is 21.8. The first kappa shape index (κ1) is 49.9. The van der Waals surface area contributed by atoms with Crippen LogP contribution in [0.3, 0.4) is 0 Å². The van der Waals surface area contributed by atoms with Gasteiger partial charge in [0.25, 0.3) is 0 Å². The quantitative estimate of drug-likeness (QED) is 0.0157. The average Bonchev–Trinajstić information content (AvgIpc) is 3.06. The Labute approximate surface area is 302 Å². The van der Waals surface area contributed by atoms with E-state index in [2.05, 4.69) is 19.2 Å². The van der Waals surface area contributed by atoms with Crippen LogP contribution >= 0.6 is 7.82 Å². The van der Waals surface area contributed by atoms with Gasteiger partial charge in [0.15, 0.2) is 5.96 Å². The zero-order valence-corrected chi connectivity index (χ0v) is 32.9. The number of phosphoric ester groups is 1. The molecule has 11 heteroatoms. The van der Waals surface area contributed by atoms with E-state index in [4.69, 9.17) is 31.0 Å². The van der Waals surface area contributed by atoms with Gasteiger partial charge in [-0.15, -0.1) is 0 Å². The lowest BCUT2D eigenvalue weighted by Crippen LogP contribution is -2.34. The molecule has 0 aliphatic rings. The number of aliphatic carboxylic acids is 1. The summed E-state index contributed by atoms with van der Waals surface area (Å²) < 4.78 is 22.3. The molecule has 0 spiro atoms. The average molecular weight is 721 g/mol. The van der Waals surface area contributed by atoms with Gasteiger partial charge in [0.2, 0.25) is 0 Å². The summed E-state index contributed by atoms with van der Waals surface area (Å²) in [5.41, 5.74) is 10.2. The number of guanidine groups is 1. The number of hydrogen-bond acceptors (Lipinski definition) is 6. The third-order valence-corrected chi connectivity index (χ3v) is 9.85. The van der Waals surface area contributed by atoms with E-state index in [-0.39, 0.29) is 5.96 Å². The largest absolute Gasteiger partial charge is 0.480 e. The maximum absolute atomic E-state index is 12.0. The number of carbonyl (C=O) groups is 1. The predicted molar refractivity (Wildman–Crippen MR) is 207 cm³/mol. The van der Waals surface area contributed by atoms with Crippen molar-refractivity contribution in [2.75, 3.05) is 19.8 Å². The fourth-order valence-corrected chi connectivity index (χ4v) is 6.45. The zero-order valence-electron chi connectivity index (χ0n) is 32.0. The third-order valence-electron chi connectivity index (χ3n) is 8.83. The van der Waals surface area contributed by atoms with E-state index in [9.17, 15) is 14.3 Å². The number of nitrogens with one attached hydrogen (secondary N) is 2. The van der Waals surface area contributed by atoms with E-state index in [1.165, 1.54) is 154 Å². The Hall–Kier alpha value is -1.19. The van der Waals surface area contributed by atoms with E-state index in [1.54, 1.807) is 0 Å². The van der Waals surface area contributed by atoms with Gasteiger partial charge < -0.3 is 26.8 Å². The highest BCUT2D eigenvalue weighted by Crippen LogP contribution is 2.43. The first-order valence-electron chi connectivity index (χ1n) is 20.3. The van der Waals surface area contributed by atoms with Gasteiger partial charge >= 0.3 is 13.8 Å². The summed E-state index contributed by atoms with van der Waals surface area (Å²) >= 11 is 0. The second-order valence-corrected chi connectivity index (χ2v) is 15.2. The Kier molecular flexibility index (Phi) is 40.3. The SMILES string of the molecule is CCCCCCCCCCCCCCCCOP(=O)(O)OCCCCCCCCCCCCCCCC.N=C(N)NCCC[C@H](N)C(=O)O. The van der Waals surface area contributed by atoms with Crippen molar-refractivity contribution in [1.82, 2.24) is 5.32 Å². The van der Waals surface area contributed by atoms with Gasteiger partial charge in [-0.25, -0.2) is 4.57 Å². The monoisotopic (exact) mass is 721 g/mol. The van der Waals surface area contributed by atoms with Crippen LogP contribution in [0.15, 0.2) is 0 Å². The lowest BCUT2D eigenvalue weighted by atomic mass is 10.0. The molecule has 0 aromatic heterocycles. The number of unbranched alkanes of at least 4 members (excludes halogenated alkanes) is 26. The molecule has 0 unspecified atom stereocenters. The summed E-state index contributed by atoms with van der Waals surface area (Å²) in [5.74, 6) is -1.11. The van der Waals surface area contributed by atoms with Gasteiger partial charge in [-0.05, 0) is 25.7 Å². The molecule has 0 aliphatic heterocycles. The second-order valence-electron chi connectivity index (χ2n) is 13.8. The van der Waals surface area contributed by atoms with Gasteiger partial charge in [-0.1, -0.05) is 181 Å². The van der Waals surface area contributed by atoms with E-state index >= 15 is 0 Å². The predicted octanol–water partition coefficient (Wildman–Crippen LogP) is 10.7. The Balaban J connectivity index is 0. The normalized spacial score (nSPS) is 12.0. The molecule has 294 valence electrons. The fraction of sp³-hybridized carbons (Fsp3) is 0.947. The molecular weight excluding hydrogens is 639 g/mol. The van der Waals surface area contributed by atoms with Crippen LogP contribution in [0.5, 0.6) is 0 Å². The highest BCUT2D eigenvalue weighted by Gasteiger charge is 2.20. The molecule has 1 atom stereocenters. The molecule has 8 N–H and O–H groups in total. The minimum absolute atomic E-state index is 0.112. The molecule has 10 nitrogen and oxygen atoms in total. The molecule has 49 heavy (non-hydrogen) atoms. The summed E-state index contributed by atoms with van der Waals surface area (Å²) in [6, 6.07) is -0.821. The molecule has 0 saturated heterocycles. The first-order chi connectivity index (χ1) is 23.7. The van der Waals surface area contributed by atoms with Crippen molar-refractivity contribution in [3.63, 3.8) is 0 Å². The molecule has 0 rings (SSSR count). The highest BCUT2D eigenvalue weighted by molar-refractivity contribution is 7.47. The number of carboxylic acids is 1. The maximum atomic E-state index is 12.0. The van der Waals surface area contributed by atoms with E-state index in [0.717, 1.165) is 25.7 Å². The number of rotatable bonds is 37. The highest BCUT2D eigenvalue weighted by atomic mass is 31.2. The molecule has 0 aromatic carbocycles. The molecule has 0 heterocycles. The van der Waals surface area contributed by atoms with Crippen LogP contribution in [0.25, 0.3) is 0 Å². The van der Waals surface area contributed by atoms with Crippen LogP contribution in [0, 0.1) is 5.41 Å². The number of nitrogens with two attached hydrogens (primary N) is 2. The Morgan fingerprint density at radius 2 is 0.898 bits per heavy atom. The number of carboxylic acid groups (broad SMARTS) is 1. The van der Waals surface area contributed by atoms with Crippen molar-refractivity contribution in [3.8, 4) is 0 Å². The molecule has 0 fully saturated rings. The molecule has 0 bridgehead atoms. The van der Waals surface area contributed by atoms with E-state index in [1.807, 2.05) is 0 Å². The fourth-order valence-electron chi connectivity index (χ4n) is 5.66. The number of hydrogen-bond donors (Lipinski definition) is 6. The molecule has 0 saturated carbocycles. The lowest BCUT2D eigenvalue weighted by Gasteiger charge is -2.12. The minimum Gasteiger partial charge on any atom is -0.480 e. The molecule has 0 radical (unpaired) electrons. The maximum Gasteiger partial charge on any atom is 0.472 e. The Morgan fingerprint density at radius 3 is 1.16 bits per heavy atom. The summed E-state index contributed by atoms with van der Waals surface area (Å²) in [6.07, 6.45) is 37.3. The van der Waals surface area contributed by atoms with Gasteiger partial charge in [0.1, 0.15) is 6.04 Å². The molecular formula is C38H81N4O6P. The van der Waals surface area contributed by atoms with Crippen molar-refractivity contribution < 1.29 is 28.4 Å². The minimum atomic E-state index is -3.87. The van der Waals surface area contributed by atoms with Crippen LogP contribution in [0.4, 0.5) is 0 Å². The Morgan fingerprint density at radius 1 is 0.612 bits per heavy atom. The summed E-state index contributed by atoms with van der Waals surface area (Å²) in [7, 11) is -3.87. The molecule has 0 aliphatic carbocycles. The summed E-state index contributed by atoms with van der Waals surface area (Å²) in [4.78, 5) is 20.0. The lowest BCUT2D eigenvalue weighted by molar-refractivity contribution is -0.138. The summed E-state index contributed by atoms with van der Waals surface area (Å²) in [6.45, 7) is 5.68. The topological polar surface area (TPSA) is 181 Å². The van der Waals surface area contributed by atoms with Crippen molar-refractivity contribution in [2.45, 2.75) is 213 Å². The van der Waals surface area contributed by atoms with Gasteiger partial charge in [0.05, 0.1) is 13.2 Å². The van der Waals surface area contributed by atoms with Crippen molar-refractivity contribution in [3.05, 3.63) is 0 Å². The van der Waals surface area contributed by atoms with E-state index in [0.29, 0.717) is 32.6 Å². The van der Waals surface area contributed by atoms with Gasteiger partial charge in [-0.2, -0.15) is 0 Å². The van der Waals surface area contributed by atoms with Gasteiger partial charge in [-0.3, -0.25) is 19.3 Å².